The van der Waals surface area contributed by atoms with E-state index in [1.165, 1.54) is 5.56 Å². The molecule has 25 heavy (non-hydrogen) atoms. The molecule has 3 rings (SSSR count). The van der Waals surface area contributed by atoms with Gasteiger partial charge >= 0.3 is 0 Å². The number of methoxy groups -OCH3 is 1. The fraction of sp³-hybridized carbons (Fsp3) is 0.316. The van der Waals surface area contributed by atoms with Gasteiger partial charge in [0.1, 0.15) is 5.75 Å². The van der Waals surface area contributed by atoms with E-state index in [0.29, 0.717) is 13.1 Å². The number of hydrogen-bond acceptors (Lipinski definition) is 4. The molecule has 0 spiro atoms. The van der Waals surface area contributed by atoms with Crippen molar-refractivity contribution in [2.24, 2.45) is 0 Å². The molecule has 0 aromatic heterocycles. The molecular weight excluding hydrogens is 338 g/mol. The Morgan fingerprint density at radius 3 is 2.92 bits per heavy atom. The number of nitrogens with zero attached hydrogens (tertiary/aromatic N) is 1. The molecule has 0 atom stereocenters. The molecule has 0 saturated carbocycles. The predicted octanol–water partition coefficient (Wildman–Crippen LogP) is 2.34. The number of amides is 1. The number of anilines is 1. The van der Waals surface area contributed by atoms with Crippen LogP contribution in [0.15, 0.2) is 48.5 Å². The minimum absolute atomic E-state index is 0. The summed E-state index contributed by atoms with van der Waals surface area (Å²) >= 11 is 0. The third-order valence-corrected chi connectivity index (χ3v) is 4.16. The second-order valence-corrected chi connectivity index (χ2v) is 5.86. The van der Waals surface area contributed by atoms with Gasteiger partial charge in [-0.1, -0.05) is 30.3 Å². The van der Waals surface area contributed by atoms with Crippen LogP contribution in [-0.4, -0.2) is 32.7 Å². The Morgan fingerprint density at radius 1 is 1.24 bits per heavy atom. The van der Waals surface area contributed by atoms with E-state index in [1.807, 2.05) is 36.4 Å². The van der Waals surface area contributed by atoms with E-state index in [1.54, 1.807) is 7.11 Å². The molecule has 0 radical (unpaired) electrons. The van der Waals surface area contributed by atoms with Crippen LogP contribution < -0.4 is 20.3 Å². The maximum Gasteiger partial charge on any atom is 0.239 e. The summed E-state index contributed by atoms with van der Waals surface area (Å²) in [7, 11) is 1.64. The second-order valence-electron chi connectivity index (χ2n) is 5.86. The zero-order chi connectivity index (χ0) is 16.8. The number of carbonyl (C=O) groups is 1. The number of nitrogens with one attached hydrogen (secondary N) is 2. The number of fused-ring (bicyclic) bond motifs is 1. The van der Waals surface area contributed by atoms with Crippen LogP contribution in [0.25, 0.3) is 0 Å². The van der Waals surface area contributed by atoms with Crippen molar-refractivity contribution < 1.29 is 9.53 Å². The van der Waals surface area contributed by atoms with Crippen molar-refractivity contribution in [2.45, 2.75) is 13.1 Å². The van der Waals surface area contributed by atoms with Gasteiger partial charge in [0, 0.05) is 31.9 Å². The van der Waals surface area contributed by atoms with Crippen molar-refractivity contribution in [1.29, 1.82) is 0 Å². The van der Waals surface area contributed by atoms with Crippen LogP contribution in [0.4, 0.5) is 5.69 Å². The lowest BCUT2D eigenvalue weighted by Crippen LogP contribution is -2.39. The highest BCUT2D eigenvalue weighted by atomic mass is 35.5. The summed E-state index contributed by atoms with van der Waals surface area (Å²) in [6.07, 6.45) is 0. The molecule has 2 aromatic carbocycles. The summed E-state index contributed by atoms with van der Waals surface area (Å²) in [4.78, 5) is 14.5. The zero-order valence-corrected chi connectivity index (χ0v) is 15.1. The topological polar surface area (TPSA) is 53.6 Å². The van der Waals surface area contributed by atoms with Crippen LogP contribution in [0.3, 0.4) is 0 Å². The van der Waals surface area contributed by atoms with Crippen molar-refractivity contribution in [1.82, 2.24) is 10.6 Å². The van der Waals surface area contributed by atoms with Crippen LogP contribution in [0.1, 0.15) is 11.1 Å². The summed E-state index contributed by atoms with van der Waals surface area (Å²) in [5, 5.41) is 6.38. The molecule has 0 unspecified atom stereocenters. The fourth-order valence-corrected chi connectivity index (χ4v) is 2.90. The molecule has 1 heterocycles. The molecule has 0 fully saturated rings. The van der Waals surface area contributed by atoms with E-state index in [0.717, 1.165) is 36.6 Å². The maximum absolute atomic E-state index is 12.4. The first-order valence-electron chi connectivity index (χ1n) is 8.19. The first-order valence-corrected chi connectivity index (χ1v) is 8.19. The van der Waals surface area contributed by atoms with Crippen LogP contribution in [-0.2, 0) is 17.9 Å². The summed E-state index contributed by atoms with van der Waals surface area (Å²) in [6, 6.07) is 16.0. The molecule has 2 N–H and O–H groups in total. The third-order valence-electron chi connectivity index (χ3n) is 4.16. The number of halogens is 1. The van der Waals surface area contributed by atoms with Crippen molar-refractivity contribution in [3.63, 3.8) is 0 Å². The molecule has 5 nitrogen and oxygen atoms in total. The minimum Gasteiger partial charge on any atom is -0.497 e. The molecule has 0 saturated heterocycles. The van der Waals surface area contributed by atoms with Crippen molar-refractivity contribution >= 4 is 24.0 Å². The molecule has 1 aliphatic heterocycles. The highest BCUT2D eigenvalue weighted by Gasteiger charge is 2.16. The van der Waals surface area contributed by atoms with Gasteiger partial charge in [0.05, 0.1) is 13.7 Å². The Hall–Kier alpha value is -2.24. The van der Waals surface area contributed by atoms with Crippen LogP contribution in [0, 0.1) is 0 Å². The fourth-order valence-electron chi connectivity index (χ4n) is 2.90. The number of hydrogen-bond donors (Lipinski definition) is 2. The number of carbonyl (C=O) groups excluding carboxylic acids is 1. The Bertz CT molecular complexity index is 709. The average molecular weight is 362 g/mol. The van der Waals surface area contributed by atoms with Crippen molar-refractivity contribution in [3.05, 3.63) is 59.7 Å². The standard InChI is InChI=1S/C19H23N3O2.ClH/c1-24-17-7-4-5-15(11-17)12-21-19(23)14-22-10-9-20-13-16-6-2-3-8-18(16)22;/h2-8,11,20H,9-10,12-14H2,1H3,(H,21,23);1H. The molecule has 0 bridgehead atoms. The maximum atomic E-state index is 12.4. The summed E-state index contributed by atoms with van der Waals surface area (Å²) < 4.78 is 5.21. The number of ether oxygens (including phenoxy) is 1. The van der Waals surface area contributed by atoms with Crippen molar-refractivity contribution in [3.8, 4) is 5.75 Å². The normalized spacial score (nSPS) is 13.2. The van der Waals surface area contributed by atoms with Crippen LogP contribution in [0.5, 0.6) is 5.75 Å². The first-order chi connectivity index (χ1) is 11.8. The molecule has 6 heteroatoms. The van der Waals surface area contributed by atoms with E-state index >= 15 is 0 Å². The molecule has 0 aliphatic carbocycles. The molecule has 1 aliphatic rings. The summed E-state index contributed by atoms with van der Waals surface area (Å²) in [6.45, 7) is 3.41. The van der Waals surface area contributed by atoms with Gasteiger partial charge < -0.3 is 20.3 Å². The van der Waals surface area contributed by atoms with Gasteiger partial charge in [-0.05, 0) is 29.3 Å². The Morgan fingerprint density at radius 2 is 2.08 bits per heavy atom. The van der Waals surface area contributed by atoms with Gasteiger partial charge in [-0.2, -0.15) is 0 Å². The van der Waals surface area contributed by atoms with E-state index in [2.05, 4.69) is 27.7 Å². The van der Waals surface area contributed by atoms with Gasteiger partial charge in [-0.3, -0.25) is 4.79 Å². The van der Waals surface area contributed by atoms with E-state index in [9.17, 15) is 4.79 Å². The number of rotatable bonds is 5. The Balaban J connectivity index is 0.00000225. The van der Waals surface area contributed by atoms with Gasteiger partial charge in [0.25, 0.3) is 0 Å². The van der Waals surface area contributed by atoms with E-state index < -0.39 is 0 Å². The predicted molar refractivity (Wildman–Crippen MR) is 102 cm³/mol. The minimum atomic E-state index is 0. The molecular formula is C19H24ClN3O2. The Kier molecular flexibility index (Phi) is 7.10. The SMILES string of the molecule is COc1cccc(CNC(=O)CN2CCNCc3ccccc32)c1.Cl. The highest BCUT2D eigenvalue weighted by Crippen LogP contribution is 2.21. The van der Waals surface area contributed by atoms with Crippen molar-refractivity contribution in [2.75, 3.05) is 31.6 Å². The summed E-state index contributed by atoms with van der Waals surface area (Å²) in [5.74, 6) is 0.823. The average Bonchev–Trinajstić information content (AvgIpc) is 2.83. The Labute approximate surface area is 154 Å². The highest BCUT2D eigenvalue weighted by molar-refractivity contribution is 5.85. The largest absolute Gasteiger partial charge is 0.497 e. The second kappa shape index (κ2) is 9.30. The van der Waals surface area contributed by atoms with Gasteiger partial charge in [-0.15, -0.1) is 12.4 Å². The summed E-state index contributed by atoms with van der Waals surface area (Å²) in [5.41, 5.74) is 3.40. The zero-order valence-electron chi connectivity index (χ0n) is 14.3. The van der Waals surface area contributed by atoms with Crippen LogP contribution >= 0.6 is 12.4 Å². The molecule has 1 amide bonds. The van der Waals surface area contributed by atoms with E-state index in [4.69, 9.17) is 4.74 Å². The lowest BCUT2D eigenvalue weighted by molar-refractivity contribution is -0.119. The van der Waals surface area contributed by atoms with Gasteiger partial charge in [-0.25, -0.2) is 0 Å². The van der Waals surface area contributed by atoms with Crippen LogP contribution in [0.2, 0.25) is 0 Å². The van der Waals surface area contributed by atoms with Gasteiger partial charge in [0.15, 0.2) is 0 Å². The first kappa shape index (κ1) is 19.1. The third kappa shape index (κ3) is 5.11. The lowest BCUT2D eigenvalue weighted by Gasteiger charge is -2.23. The molecule has 2 aromatic rings. The monoisotopic (exact) mass is 361 g/mol. The number of para-hydroxylation sites is 1. The van der Waals surface area contributed by atoms with E-state index in [-0.39, 0.29) is 18.3 Å². The van der Waals surface area contributed by atoms with Gasteiger partial charge in [0.2, 0.25) is 5.91 Å². The molecule has 134 valence electrons. The lowest BCUT2D eigenvalue weighted by atomic mass is 10.1. The number of benzene rings is 2. The smallest absolute Gasteiger partial charge is 0.239 e. The quantitative estimate of drug-likeness (QED) is 0.858.